The Morgan fingerprint density at radius 3 is 2.47 bits per heavy atom. The van der Waals surface area contributed by atoms with Crippen LogP contribution in [0.15, 0.2) is 0 Å². The lowest BCUT2D eigenvalue weighted by molar-refractivity contribution is 0.0294. The van der Waals surface area contributed by atoms with E-state index in [2.05, 4.69) is 31.0 Å². The lowest BCUT2D eigenvalue weighted by atomic mass is 9.96. The average Bonchev–Trinajstić information content (AvgIpc) is 2.61. The summed E-state index contributed by atoms with van der Waals surface area (Å²) in [5.41, 5.74) is -0.503. The van der Waals surface area contributed by atoms with Gasteiger partial charge in [-0.1, -0.05) is 20.8 Å². The Labute approximate surface area is 107 Å². The summed E-state index contributed by atoms with van der Waals surface area (Å²) >= 11 is 0. The van der Waals surface area contributed by atoms with E-state index in [9.17, 15) is 5.11 Å². The number of nitrogens with one attached hydrogen (secondary N) is 1. The van der Waals surface area contributed by atoms with Gasteiger partial charge in [0.25, 0.3) is 0 Å². The second kappa shape index (κ2) is 7.34. The van der Waals surface area contributed by atoms with Crippen LogP contribution >= 0.6 is 0 Å². The molecular weight excluding hydrogens is 212 g/mol. The Kier molecular flexibility index (Phi) is 6.45. The first kappa shape index (κ1) is 14.9. The van der Waals surface area contributed by atoms with Crippen LogP contribution in [0.25, 0.3) is 0 Å². The minimum atomic E-state index is -0.503. The SMILES string of the molecule is CCN1CCCC(NCC(O)(CC)CC)CC1. The molecule has 102 valence electrons. The van der Waals surface area contributed by atoms with E-state index in [-0.39, 0.29) is 0 Å². The summed E-state index contributed by atoms with van der Waals surface area (Å²) in [6, 6.07) is 0.594. The molecule has 0 radical (unpaired) electrons. The standard InChI is InChI=1S/C14H30N2O/c1-4-14(17,5-2)12-15-13-8-7-10-16(6-3)11-9-13/h13,15,17H,4-12H2,1-3H3. The molecule has 0 amide bonds. The van der Waals surface area contributed by atoms with Crippen molar-refractivity contribution in [1.29, 1.82) is 0 Å². The third kappa shape index (κ3) is 4.94. The largest absolute Gasteiger partial charge is 0.389 e. The predicted octanol–water partition coefficient (Wildman–Crippen LogP) is 2.00. The molecule has 1 saturated heterocycles. The van der Waals surface area contributed by atoms with Gasteiger partial charge < -0.3 is 15.3 Å². The van der Waals surface area contributed by atoms with Crippen LogP contribution in [-0.2, 0) is 0 Å². The van der Waals surface area contributed by atoms with Gasteiger partial charge >= 0.3 is 0 Å². The summed E-state index contributed by atoms with van der Waals surface area (Å²) in [5, 5.41) is 13.8. The molecule has 3 nitrogen and oxygen atoms in total. The molecule has 0 spiro atoms. The van der Waals surface area contributed by atoms with E-state index >= 15 is 0 Å². The molecule has 1 aliphatic heterocycles. The highest BCUT2D eigenvalue weighted by atomic mass is 16.3. The molecule has 0 saturated carbocycles. The normalized spacial score (nSPS) is 23.6. The molecule has 0 aromatic rings. The summed E-state index contributed by atoms with van der Waals surface area (Å²) in [6.07, 6.45) is 5.42. The fourth-order valence-corrected chi connectivity index (χ4v) is 2.51. The Hall–Kier alpha value is -0.120. The summed E-state index contributed by atoms with van der Waals surface area (Å²) in [4.78, 5) is 2.52. The first-order valence-corrected chi connectivity index (χ1v) is 7.31. The van der Waals surface area contributed by atoms with Crippen LogP contribution in [0.2, 0.25) is 0 Å². The molecule has 0 bridgehead atoms. The molecule has 1 fully saturated rings. The summed E-state index contributed by atoms with van der Waals surface area (Å²) < 4.78 is 0. The highest BCUT2D eigenvalue weighted by Crippen LogP contribution is 2.16. The third-order valence-corrected chi connectivity index (χ3v) is 4.30. The molecule has 0 aromatic carbocycles. The zero-order chi connectivity index (χ0) is 12.7. The molecule has 1 heterocycles. The van der Waals surface area contributed by atoms with E-state index in [0.717, 1.165) is 19.4 Å². The summed E-state index contributed by atoms with van der Waals surface area (Å²) in [5.74, 6) is 0. The van der Waals surface area contributed by atoms with Gasteiger partial charge in [-0.15, -0.1) is 0 Å². The van der Waals surface area contributed by atoms with Gasteiger partial charge in [0.05, 0.1) is 5.60 Å². The van der Waals surface area contributed by atoms with E-state index in [1.54, 1.807) is 0 Å². The number of hydrogen-bond acceptors (Lipinski definition) is 3. The van der Waals surface area contributed by atoms with Crippen molar-refractivity contribution in [3.05, 3.63) is 0 Å². The molecule has 3 heteroatoms. The maximum atomic E-state index is 10.3. The number of aliphatic hydroxyl groups is 1. The quantitative estimate of drug-likeness (QED) is 0.748. The number of nitrogens with zero attached hydrogens (tertiary/aromatic N) is 1. The van der Waals surface area contributed by atoms with Crippen molar-refractivity contribution in [2.45, 2.75) is 64.5 Å². The Balaban J connectivity index is 2.32. The van der Waals surface area contributed by atoms with Crippen molar-refractivity contribution in [3.8, 4) is 0 Å². The average molecular weight is 242 g/mol. The topological polar surface area (TPSA) is 35.5 Å². The fourth-order valence-electron chi connectivity index (χ4n) is 2.51. The van der Waals surface area contributed by atoms with Crippen LogP contribution < -0.4 is 5.32 Å². The van der Waals surface area contributed by atoms with Gasteiger partial charge in [0.1, 0.15) is 0 Å². The van der Waals surface area contributed by atoms with Crippen LogP contribution in [0.4, 0.5) is 0 Å². The summed E-state index contributed by atoms with van der Waals surface area (Å²) in [6.45, 7) is 10.7. The third-order valence-electron chi connectivity index (χ3n) is 4.30. The van der Waals surface area contributed by atoms with Crippen molar-refractivity contribution < 1.29 is 5.11 Å². The molecule has 1 rings (SSSR count). The van der Waals surface area contributed by atoms with Crippen molar-refractivity contribution >= 4 is 0 Å². The lowest BCUT2D eigenvalue weighted by Crippen LogP contribution is -2.44. The minimum absolute atomic E-state index is 0.503. The smallest absolute Gasteiger partial charge is 0.0766 e. The molecule has 0 aromatic heterocycles. The van der Waals surface area contributed by atoms with E-state index in [4.69, 9.17) is 0 Å². The zero-order valence-corrected chi connectivity index (χ0v) is 11.8. The minimum Gasteiger partial charge on any atom is -0.389 e. The molecule has 17 heavy (non-hydrogen) atoms. The van der Waals surface area contributed by atoms with Gasteiger partial charge in [-0.25, -0.2) is 0 Å². The molecular formula is C14H30N2O. The fraction of sp³-hybridized carbons (Fsp3) is 1.00. The lowest BCUT2D eigenvalue weighted by Gasteiger charge is -2.28. The van der Waals surface area contributed by atoms with Crippen LogP contribution in [0, 0.1) is 0 Å². The van der Waals surface area contributed by atoms with Gasteiger partial charge in [-0.05, 0) is 51.7 Å². The Morgan fingerprint density at radius 1 is 1.18 bits per heavy atom. The van der Waals surface area contributed by atoms with Crippen molar-refractivity contribution in [1.82, 2.24) is 10.2 Å². The zero-order valence-electron chi connectivity index (χ0n) is 11.8. The molecule has 1 aliphatic rings. The first-order valence-electron chi connectivity index (χ1n) is 7.31. The van der Waals surface area contributed by atoms with Crippen molar-refractivity contribution in [2.75, 3.05) is 26.2 Å². The second-order valence-corrected chi connectivity index (χ2v) is 5.37. The van der Waals surface area contributed by atoms with Gasteiger partial charge in [0.15, 0.2) is 0 Å². The van der Waals surface area contributed by atoms with E-state index in [0.29, 0.717) is 6.04 Å². The number of hydrogen-bond donors (Lipinski definition) is 2. The van der Waals surface area contributed by atoms with E-state index < -0.39 is 5.60 Å². The maximum Gasteiger partial charge on any atom is 0.0766 e. The second-order valence-electron chi connectivity index (χ2n) is 5.37. The highest BCUT2D eigenvalue weighted by molar-refractivity contribution is 4.82. The van der Waals surface area contributed by atoms with Gasteiger partial charge in [-0.3, -0.25) is 0 Å². The molecule has 1 unspecified atom stereocenters. The number of likely N-dealkylation sites (tertiary alicyclic amines) is 1. The molecule has 2 N–H and O–H groups in total. The van der Waals surface area contributed by atoms with Gasteiger partial charge in [0.2, 0.25) is 0 Å². The molecule has 1 atom stereocenters. The van der Waals surface area contributed by atoms with Crippen molar-refractivity contribution in [3.63, 3.8) is 0 Å². The Bertz CT molecular complexity index is 204. The van der Waals surface area contributed by atoms with E-state index in [1.165, 1.54) is 38.9 Å². The summed E-state index contributed by atoms with van der Waals surface area (Å²) in [7, 11) is 0. The van der Waals surface area contributed by atoms with Crippen LogP contribution in [0.1, 0.15) is 52.9 Å². The van der Waals surface area contributed by atoms with Crippen LogP contribution in [0.3, 0.4) is 0 Å². The van der Waals surface area contributed by atoms with Crippen LogP contribution in [-0.4, -0.2) is 47.8 Å². The highest BCUT2D eigenvalue weighted by Gasteiger charge is 2.24. The van der Waals surface area contributed by atoms with Crippen molar-refractivity contribution in [2.24, 2.45) is 0 Å². The van der Waals surface area contributed by atoms with Crippen LogP contribution in [0.5, 0.6) is 0 Å². The Morgan fingerprint density at radius 2 is 1.88 bits per heavy atom. The first-order chi connectivity index (χ1) is 8.13. The maximum absolute atomic E-state index is 10.3. The van der Waals surface area contributed by atoms with E-state index in [1.807, 2.05) is 0 Å². The van der Waals surface area contributed by atoms with Gasteiger partial charge in [0, 0.05) is 12.6 Å². The predicted molar refractivity (Wildman–Crippen MR) is 73.3 cm³/mol. The monoisotopic (exact) mass is 242 g/mol. The molecule has 0 aliphatic carbocycles. The van der Waals surface area contributed by atoms with Gasteiger partial charge in [-0.2, -0.15) is 0 Å². The number of rotatable bonds is 6.